The highest BCUT2D eigenvalue weighted by molar-refractivity contribution is 7.29. The van der Waals surface area contributed by atoms with Crippen molar-refractivity contribution in [2.45, 2.75) is 235 Å². The average molecular weight is 1650 g/mol. The molecule has 0 saturated carbocycles. The number of carbonyl (C=O) groups excluding carboxylic acids is 4. The Hall–Kier alpha value is -7.03. The van der Waals surface area contributed by atoms with Gasteiger partial charge in [-0.15, -0.1) is 137 Å². The minimum Gasteiger partial charge on any atom is -0.312 e. The number of rotatable bonds is 30. The number of nitrogens with zero attached hydrogens (tertiary/aromatic N) is 6. The summed E-state index contributed by atoms with van der Waals surface area (Å²) < 4.78 is 0. The standard InChI is InChI=1S/C54H72N2O2S4Si2.C36H34N4O2S4/c1-35(2)63(36(3)4,37(5)6)33-21-17-15-19-31-55-42(14)50-51(54(55)58)52(56(53(50)57)32-20-16-18-22-34-64(38(7)8,39(9)10)40(11)12)49-30-29-48(62-49)47-28-27-46(61-47)45-26-25-44(60-45)43-24-23-41(13)59-43;1-5-7-9-11-13-19-39-24(4)30-31(36(39)42)32(40(35(30)41)20-14-12-10-8-6-2)25-17-18-27(44-25)34-38-22-29(46-34)28-21-37-33(45-28)26-16-15-23(3)43-26/h23-30,35-40H,15-20,31-32H2,1-14H3;15-18,21-22H,9-14,19-20H2,1-4H3. The first-order chi connectivity index (χ1) is 52.8. The van der Waals surface area contributed by atoms with Crippen molar-refractivity contribution in [2.24, 2.45) is 0 Å². The number of hydrogen-bond acceptors (Lipinski definition) is 14. The second-order valence-electron chi connectivity index (χ2n) is 30.8. The van der Waals surface area contributed by atoms with Crippen LogP contribution >= 0.6 is 90.7 Å². The van der Waals surface area contributed by atoms with Crippen LogP contribution < -0.4 is 0 Å². The zero-order valence-corrected chi connectivity index (χ0v) is 76.0. The molecule has 8 aromatic rings. The third kappa shape index (κ3) is 17.7. The van der Waals surface area contributed by atoms with Crippen molar-refractivity contribution in [2.75, 3.05) is 26.2 Å². The van der Waals surface area contributed by atoms with Gasteiger partial charge < -0.3 is 19.6 Å². The van der Waals surface area contributed by atoms with Crippen LogP contribution in [0.3, 0.4) is 0 Å². The van der Waals surface area contributed by atoms with Crippen LogP contribution in [0.25, 0.3) is 70.2 Å². The SMILES string of the molecule is CC#CCCCCN1C(=O)C2=C(c3ccc(-c4ncc(-c5cnc(-c6ccc(C)s6)s5)s4)s3)N(CCCCC#CC)C(=O)C2=C1C.CC1=C2C(=O)N(CCCCC#C[Si](C(C)C)(C(C)C)C(C)C)C(c3ccc(-c4ccc(-c5ccc(-c6ccc(C)s6)s5)s4)s3)=C2C(=O)N1CCCCC#C[Si](C(C)C)(C(C)C)C(C)C. The lowest BCUT2D eigenvalue weighted by Crippen LogP contribution is -2.43. The molecular formula is C90H106N6O4S8Si2. The molecule has 10 nitrogen and oxygen atoms in total. The van der Waals surface area contributed by atoms with Gasteiger partial charge in [0.05, 0.1) is 62.9 Å². The van der Waals surface area contributed by atoms with Gasteiger partial charge in [0.2, 0.25) is 0 Å². The van der Waals surface area contributed by atoms with Crippen molar-refractivity contribution in [1.29, 1.82) is 0 Å². The van der Waals surface area contributed by atoms with Gasteiger partial charge in [0.1, 0.15) is 26.2 Å². The lowest BCUT2D eigenvalue weighted by atomic mass is 10.1. The van der Waals surface area contributed by atoms with Gasteiger partial charge in [-0.3, -0.25) is 19.2 Å². The number of hydrogen-bond donors (Lipinski definition) is 0. The van der Waals surface area contributed by atoms with Gasteiger partial charge in [-0.2, -0.15) is 0 Å². The molecule has 8 aromatic heterocycles. The molecular weight excluding hydrogens is 1540 g/mol. The quantitative estimate of drug-likeness (QED) is 0.0252. The summed E-state index contributed by atoms with van der Waals surface area (Å²) >= 11 is 13.8. The first-order valence-corrected chi connectivity index (χ1v) is 50.2. The van der Waals surface area contributed by atoms with Gasteiger partial charge in [0.25, 0.3) is 23.6 Å². The van der Waals surface area contributed by atoms with Gasteiger partial charge in [-0.1, -0.05) is 83.1 Å². The second-order valence-corrected chi connectivity index (χ2v) is 50.9. The summed E-state index contributed by atoms with van der Waals surface area (Å²) in [5.41, 5.74) is 16.7. The molecule has 0 saturated heterocycles. The first kappa shape index (κ1) is 83.9. The van der Waals surface area contributed by atoms with E-state index in [0.29, 0.717) is 81.7 Å². The Morgan fingerprint density at radius 1 is 0.318 bits per heavy atom. The zero-order valence-electron chi connectivity index (χ0n) is 67.4. The highest BCUT2D eigenvalue weighted by Crippen LogP contribution is 2.51. The Kier molecular flexibility index (Phi) is 28.4. The van der Waals surface area contributed by atoms with Crippen LogP contribution in [0.5, 0.6) is 0 Å². The normalized spacial score (nSPS) is 14.5. The number of unbranched alkanes of at least 4 members (excludes halogenated alkanes) is 8. The minimum absolute atomic E-state index is 0.0405. The Labute approximate surface area is 689 Å². The molecule has 0 spiro atoms. The lowest BCUT2D eigenvalue weighted by Gasteiger charge is -2.38. The van der Waals surface area contributed by atoms with Crippen LogP contribution in [0.4, 0.5) is 0 Å². The molecule has 0 radical (unpaired) electrons. The van der Waals surface area contributed by atoms with Crippen molar-refractivity contribution in [1.82, 2.24) is 29.6 Å². The first-order valence-electron chi connectivity index (χ1n) is 39.2. The van der Waals surface area contributed by atoms with Gasteiger partial charge >= 0.3 is 0 Å². The van der Waals surface area contributed by atoms with Crippen molar-refractivity contribution in [3.05, 3.63) is 138 Å². The van der Waals surface area contributed by atoms with Crippen molar-refractivity contribution in [3.8, 4) is 105 Å². The summed E-state index contributed by atoms with van der Waals surface area (Å²) in [5, 5.41) is 1.93. The molecule has 0 aromatic carbocycles. The number of thiazole rings is 2. The molecule has 110 heavy (non-hydrogen) atoms. The van der Waals surface area contributed by atoms with E-state index >= 15 is 0 Å². The van der Waals surface area contributed by atoms with E-state index < -0.39 is 16.1 Å². The molecule has 4 aliphatic heterocycles. The molecule has 0 fully saturated rings. The van der Waals surface area contributed by atoms with Gasteiger partial charge in [-0.05, 0) is 199 Å². The largest absolute Gasteiger partial charge is 0.312 e. The molecule has 20 heteroatoms. The Morgan fingerprint density at radius 2 is 0.591 bits per heavy atom. The van der Waals surface area contributed by atoms with Crippen LogP contribution in [0, 0.1) is 60.5 Å². The highest BCUT2D eigenvalue weighted by Gasteiger charge is 2.50. The number of allylic oxidation sites excluding steroid dienone is 2. The van der Waals surface area contributed by atoms with E-state index in [-0.39, 0.29) is 23.6 Å². The van der Waals surface area contributed by atoms with Crippen LogP contribution in [-0.2, 0) is 19.2 Å². The predicted octanol–water partition coefficient (Wildman–Crippen LogP) is 25.8. The summed E-state index contributed by atoms with van der Waals surface area (Å²) in [7, 11) is -3.56. The van der Waals surface area contributed by atoms with E-state index in [4.69, 9.17) is 4.98 Å². The fraction of sp³-hybridized carbons (Fsp3) is 0.444. The molecule has 4 aliphatic rings. The number of aryl methyl sites for hydroxylation is 2. The number of fused-ring (bicyclic) bond motifs is 2. The molecule has 0 bridgehead atoms. The van der Waals surface area contributed by atoms with Gasteiger partial charge in [-0.25, -0.2) is 9.97 Å². The lowest BCUT2D eigenvalue weighted by molar-refractivity contribution is -0.124. The fourth-order valence-electron chi connectivity index (χ4n) is 16.6. The van der Waals surface area contributed by atoms with Crippen molar-refractivity contribution < 1.29 is 19.2 Å². The monoisotopic (exact) mass is 1650 g/mol. The minimum atomic E-state index is -1.79. The van der Waals surface area contributed by atoms with E-state index in [9.17, 15) is 19.2 Å². The average Bonchev–Trinajstić information content (AvgIpc) is 1.57. The second kappa shape index (κ2) is 37.3. The van der Waals surface area contributed by atoms with Crippen LogP contribution in [-0.4, -0.2) is 95.5 Å². The molecule has 0 atom stereocenters. The van der Waals surface area contributed by atoms with Crippen molar-refractivity contribution >= 4 is 142 Å². The van der Waals surface area contributed by atoms with E-state index in [0.717, 1.165) is 139 Å². The Morgan fingerprint density at radius 3 is 0.927 bits per heavy atom. The predicted molar refractivity (Wildman–Crippen MR) is 480 cm³/mol. The summed E-state index contributed by atoms with van der Waals surface area (Å²) in [6.07, 6.45) is 14.1. The number of thiophene rings is 6. The number of carbonyl (C=O) groups is 4. The molecule has 4 amide bonds. The maximum absolute atomic E-state index is 14.6. The summed E-state index contributed by atoms with van der Waals surface area (Å²) in [6.45, 7) is 42.4. The Balaban J connectivity index is 0.000000230. The summed E-state index contributed by atoms with van der Waals surface area (Å²) in [6, 6.07) is 26.0. The van der Waals surface area contributed by atoms with Crippen LogP contribution in [0.1, 0.15) is 207 Å². The van der Waals surface area contributed by atoms with Gasteiger partial charge in [0, 0.05) is 115 Å². The summed E-state index contributed by atoms with van der Waals surface area (Å²) in [4.78, 5) is 90.2. The van der Waals surface area contributed by atoms with E-state index in [1.54, 1.807) is 72.9 Å². The molecule has 12 heterocycles. The maximum atomic E-state index is 14.6. The highest BCUT2D eigenvalue weighted by atomic mass is 32.1. The van der Waals surface area contributed by atoms with Crippen LogP contribution in [0.15, 0.2) is 119 Å². The molecule has 0 aliphatic carbocycles. The third-order valence-electron chi connectivity index (χ3n) is 22.1. The van der Waals surface area contributed by atoms with E-state index in [1.165, 1.54) is 39.0 Å². The number of amides is 4. The van der Waals surface area contributed by atoms with E-state index in [2.05, 4.69) is 215 Å². The third-order valence-corrected chi connectivity index (χ3v) is 44.2. The maximum Gasteiger partial charge on any atom is 0.261 e. The van der Waals surface area contributed by atoms with Crippen molar-refractivity contribution in [3.63, 3.8) is 0 Å². The number of aromatic nitrogens is 2. The topological polar surface area (TPSA) is 107 Å². The van der Waals surface area contributed by atoms with Crippen LogP contribution in [0.2, 0.25) is 33.2 Å². The Bertz CT molecular complexity index is 5060. The fourth-order valence-corrected chi connectivity index (χ4v) is 35.3. The molecule has 0 unspecified atom stereocenters. The zero-order chi connectivity index (χ0) is 78.9. The molecule has 0 N–H and O–H groups in total. The molecule has 12 rings (SSSR count). The summed E-state index contributed by atoms with van der Waals surface area (Å²) in [5.74, 6) is 19.1. The smallest absolute Gasteiger partial charge is 0.261 e. The van der Waals surface area contributed by atoms with Gasteiger partial charge in [0.15, 0.2) is 0 Å². The van der Waals surface area contributed by atoms with E-state index in [1.807, 2.05) is 83.5 Å². The molecule has 576 valence electrons.